The minimum atomic E-state index is 0.165. The van der Waals surface area contributed by atoms with Gasteiger partial charge in [0.05, 0.1) is 6.10 Å². The molecule has 0 saturated heterocycles. The fraction of sp³-hybridized carbons (Fsp3) is 0.600. The molecule has 0 aliphatic rings. The Morgan fingerprint density at radius 2 is 1.83 bits per heavy atom. The zero-order valence-corrected chi connectivity index (χ0v) is 12.2. The third-order valence-electron chi connectivity index (χ3n) is 2.70. The van der Waals surface area contributed by atoms with Crippen molar-refractivity contribution < 1.29 is 4.74 Å². The van der Waals surface area contributed by atoms with E-state index in [4.69, 9.17) is 10.5 Å². The molecule has 0 spiro atoms. The SMILES string of the molecule is CCCN(c1cc(N)cc(OC(C)C)c1)C(C)C. The highest BCUT2D eigenvalue weighted by atomic mass is 16.5. The molecule has 102 valence electrons. The summed E-state index contributed by atoms with van der Waals surface area (Å²) in [5.41, 5.74) is 7.86. The quantitative estimate of drug-likeness (QED) is 0.783. The van der Waals surface area contributed by atoms with Gasteiger partial charge in [0.1, 0.15) is 5.75 Å². The van der Waals surface area contributed by atoms with Gasteiger partial charge in [0, 0.05) is 36.1 Å². The Kier molecular flexibility index (Phi) is 5.32. The zero-order chi connectivity index (χ0) is 13.7. The van der Waals surface area contributed by atoms with Crippen LogP contribution in [0.3, 0.4) is 0 Å². The minimum Gasteiger partial charge on any atom is -0.491 e. The number of ether oxygens (including phenoxy) is 1. The predicted molar refractivity (Wildman–Crippen MR) is 79.4 cm³/mol. The molecule has 3 nitrogen and oxygen atoms in total. The summed E-state index contributed by atoms with van der Waals surface area (Å²) in [4.78, 5) is 2.35. The zero-order valence-electron chi connectivity index (χ0n) is 12.2. The normalized spacial score (nSPS) is 11.1. The van der Waals surface area contributed by atoms with E-state index in [1.54, 1.807) is 0 Å². The van der Waals surface area contributed by atoms with Gasteiger partial charge in [-0.15, -0.1) is 0 Å². The first-order chi connectivity index (χ1) is 8.43. The molecule has 1 aromatic rings. The summed E-state index contributed by atoms with van der Waals surface area (Å²) in [6.07, 6.45) is 1.28. The molecule has 0 aliphatic carbocycles. The summed E-state index contributed by atoms with van der Waals surface area (Å²) >= 11 is 0. The molecule has 0 amide bonds. The average Bonchev–Trinajstić information content (AvgIpc) is 2.23. The van der Waals surface area contributed by atoms with Crippen LogP contribution in [-0.2, 0) is 0 Å². The highest BCUT2D eigenvalue weighted by molar-refractivity contribution is 5.61. The first kappa shape index (κ1) is 14.7. The topological polar surface area (TPSA) is 38.5 Å². The minimum absolute atomic E-state index is 0.165. The summed E-state index contributed by atoms with van der Waals surface area (Å²) in [6, 6.07) is 6.43. The van der Waals surface area contributed by atoms with Gasteiger partial charge in [0.2, 0.25) is 0 Å². The van der Waals surface area contributed by atoms with E-state index in [1.165, 1.54) is 0 Å². The van der Waals surface area contributed by atoms with Gasteiger partial charge < -0.3 is 15.4 Å². The van der Waals surface area contributed by atoms with E-state index < -0.39 is 0 Å². The Hall–Kier alpha value is -1.38. The lowest BCUT2D eigenvalue weighted by molar-refractivity contribution is 0.242. The van der Waals surface area contributed by atoms with Crippen molar-refractivity contribution in [2.75, 3.05) is 17.2 Å². The number of anilines is 2. The van der Waals surface area contributed by atoms with Crippen LogP contribution in [0.5, 0.6) is 5.75 Å². The Morgan fingerprint density at radius 3 is 2.33 bits per heavy atom. The number of hydrogen-bond acceptors (Lipinski definition) is 3. The second kappa shape index (κ2) is 6.53. The van der Waals surface area contributed by atoms with Crippen LogP contribution in [0.1, 0.15) is 41.0 Å². The average molecular weight is 250 g/mol. The first-order valence-corrected chi connectivity index (χ1v) is 6.78. The molecular formula is C15H26N2O. The summed E-state index contributed by atoms with van der Waals surface area (Å²) in [6.45, 7) is 11.7. The Bertz CT molecular complexity index is 375. The summed E-state index contributed by atoms with van der Waals surface area (Å²) in [5, 5.41) is 0. The van der Waals surface area contributed by atoms with Crippen LogP contribution in [0.15, 0.2) is 18.2 Å². The van der Waals surface area contributed by atoms with Crippen molar-refractivity contribution >= 4 is 11.4 Å². The van der Waals surface area contributed by atoms with Crippen molar-refractivity contribution in [2.24, 2.45) is 0 Å². The Balaban J connectivity index is 3.02. The van der Waals surface area contributed by atoms with Gasteiger partial charge in [-0.05, 0) is 40.2 Å². The van der Waals surface area contributed by atoms with Crippen LogP contribution in [0.4, 0.5) is 11.4 Å². The molecular weight excluding hydrogens is 224 g/mol. The maximum Gasteiger partial charge on any atom is 0.123 e. The van der Waals surface area contributed by atoms with Crippen LogP contribution >= 0.6 is 0 Å². The number of nitrogens with two attached hydrogens (primary N) is 1. The van der Waals surface area contributed by atoms with Crippen LogP contribution in [0.2, 0.25) is 0 Å². The van der Waals surface area contributed by atoms with Crippen LogP contribution in [0.25, 0.3) is 0 Å². The van der Waals surface area contributed by atoms with E-state index >= 15 is 0 Å². The fourth-order valence-electron chi connectivity index (χ4n) is 2.04. The number of nitrogen functional groups attached to an aromatic ring is 1. The molecule has 0 saturated carbocycles. The van der Waals surface area contributed by atoms with E-state index in [1.807, 2.05) is 26.0 Å². The molecule has 0 aliphatic heterocycles. The molecule has 1 rings (SSSR count). The van der Waals surface area contributed by atoms with Crippen molar-refractivity contribution in [3.63, 3.8) is 0 Å². The standard InChI is InChI=1S/C15H26N2O/c1-6-7-17(11(2)3)14-8-13(16)9-15(10-14)18-12(4)5/h8-12H,6-7,16H2,1-5H3. The lowest BCUT2D eigenvalue weighted by Crippen LogP contribution is -2.31. The predicted octanol–water partition coefficient (Wildman–Crippen LogP) is 3.68. The number of hydrogen-bond donors (Lipinski definition) is 1. The third-order valence-corrected chi connectivity index (χ3v) is 2.70. The highest BCUT2D eigenvalue weighted by Gasteiger charge is 2.12. The van der Waals surface area contributed by atoms with Crippen molar-refractivity contribution in [1.29, 1.82) is 0 Å². The first-order valence-electron chi connectivity index (χ1n) is 6.78. The fourth-order valence-corrected chi connectivity index (χ4v) is 2.04. The number of nitrogens with zero attached hydrogens (tertiary/aromatic N) is 1. The van der Waals surface area contributed by atoms with Gasteiger partial charge >= 0.3 is 0 Å². The van der Waals surface area contributed by atoms with E-state index in [0.29, 0.717) is 6.04 Å². The van der Waals surface area contributed by atoms with E-state index in [-0.39, 0.29) is 6.10 Å². The van der Waals surface area contributed by atoms with Crippen molar-refractivity contribution in [2.45, 2.75) is 53.2 Å². The van der Waals surface area contributed by atoms with E-state index in [2.05, 4.69) is 31.7 Å². The number of rotatable bonds is 6. The Labute approximate surface area is 111 Å². The van der Waals surface area contributed by atoms with Gasteiger partial charge in [-0.3, -0.25) is 0 Å². The molecule has 0 aromatic heterocycles. The van der Waals surface area contributed by atoms with E-state index in [0.717, 1.165) is 30.1 Å². The molecule has 18 heavy (non-hydrogen) atoms. The number of benzene rings is 1. The molecule has 2 N–H and O–H groups in total. The van der Waals surface area contributed by atoms with E-state index in [9.17, 15) is 0 Å². The lowest BCUT2D eigenvalue weighted by Gasteiger charge is -2.29. The highest BCUT2D eigenvalue weighted by Crippen LogP contribution is 2.27. The molecule has 0 atom stereocenters. The summed E-state index contributed by atoms with van der Waals surface area (Å²) in [7, 11) is 0. The van der Waals surface area contributed by atoms with Crippen LogP contribution in [-0.4, -0.2) is 18.7 Å². The third kappa shape index (κ3) is 4.13. The molecule has 0 unspecified atom stereocenters. The molecule has 1 aromatic carbocycles. The summed E-state index contributed by atoms with van der Waals surface area (Å²) in [5.74, 6) is 0.849. The second-order valence-electron chi connectivity index (χ2n) is 5.21. The maximum absolute atomic E-state index is 5.96. The summed E-state index contributed by atoms with van der Waals surface area (Å²) < 4.78 is 5.74. The van der Waals surface area contributed by atoms with Gasteiger partial charge in [-0.2, -0.15) is 0 Å². The Morgan fingerprint density at radius 1 is 1.17 bits per heavy atom. The largest absolute Gasteiger partial charge is 0.491 e. The smallest absolute Gasteiger partial charge is 0.123 e. The van der Waals surface area contributed by atoms with Gasteiger partial charge in [-0.25, -0.2) is 0 Å². The van der Waals surface area contributed by atoms with Gasteiger partial charge in [0.15, 0.2) is 0 Å². The molecule has 3 heteroatoms. The van der Waals surface area contributed by atoms with Crippen molar-refractivity contribution in [1.82, 2.24) is 0 Å². The monoisotopic (exact) mass is 250 g/mol. The maximum atomic E-state index is 5.96. The van der Waals surface area contributed by atoms with Crippen LogP contribution in [0, 0.1) is 0 Å². The molecule has 0 heterocycles. The second-order valence-corrected chi connectivity index (χ2v) is 5.21. The molecule has 0 radical (unpaired) electrons. The van der Waals surface area contributed by atoms with Crippen LogP contribution < -0.4 is 15.4 Å². The van der Waals surface area contributed by atoms with Crippen molar-refractivity contribution in [3.05, 3.63) is 18.2 Å². The van der Waals surface area contributed by atoms with Gasteiger partial charge in [-0.1, -0.05) is 6.92 Å². The lowest BCUT2D eigenvalue weighted by atomic mass is 10.2. The van der Waals surface area contributed by atoms with Gasteiger partial charge in [0.25, 0.3) is 0 Å². The molecule has 0 fully saturated rings. The molecule has 0 bridgehead atoms. The van der Waals surface area contributed by atoms with Crippen molar-refractivity contribution in [3.8, 4) is 5.75 Å².